The maximum atomic E-state index is 14.3. The minimum Gasteiger partial charge on any atom is -0.338 e. The van der Waals surface area contributed by atoms with Crippen molar-refractivity contribution in [2.24, 2.45) is 10.8 Å². The van der Waals surface area contributed by atoms with Gasteiger partial charge in [-0.1, -0.05) is 20.8 Å². The van der Waals surface area contributed by atoms with E-state index in [1.807, 2.05) is 0 Å². The third-order valence-electron chi connectivity index (χ3n) is 7.38. The summed E-state index contributed by atoms with van der Waals surface area (Å²) >= 11 is 0. The zero-order valence-corrected chi connectivity index (χ0v) is 18.8. The van der Waals surface area contributed by atoms with Crippen LogP contribution in [-0.2, 0) is 6.18 Å². The van der Waals surface area contributed by atoms with Crippen LogP contribution in [-0.4, -0.2) is 59.5 Å². The summed E-state index contributed by atoms with van der Waals surface area (Å²) in [7, 11) is 0. The van der Waals surface area contributed by atoms with Crippen LogP contribution in [0, 0.1) is 23.2 Å². The number of aromatic nitrogens is 1. The van der Waals surface area contributed by atoms with Crippen LogP contribution in [0.5, 0.6) is 0 Å². The average Bonchev–Trinajstić information content (AvgIpc) is 2.73. The molecule has 1 amide bonds. The van der Waals surface area contributed by atoms with Gasteiger partial charge in [0.1, 0.15) is 0 Å². The quantitative estimate of drug-likeness (QED) is 0.482. The molecular weight excluding hydrogens is 424 g/mol. The fourth-order valence-electron chi connectivity index (χ4n) is 5.02. The number of rotatable bonds is 3. The van der Waals surface area contributed by atoms with Crippen LogP contribution in [0.1, 0.15) is 62.5 Å². The average molecular weight is 455 g/mol. The maximum absolute atomic E-state index is 14.3. The predicted octanol–water partition coefficient (Wildman–Crippen LogP) is 4.89. The second-order valence-electron chi connectivity index (χ2n) is 9.92. The van der Waals surface area contributed by atoms with Crippen molar-refractivity contribution in [3.8, 4) is 0 Å². The highest BCUT2D eigenvalue weighted by Gasteiger charge is 2.47. The van der Waals surface area contributed by atoms with E-state index in [1.54, 1.807) is 0 Å². The first kappa shape index (κ1) is 24.4. The van der Waals surface area contributed by atoms with Gasteiger partial charge in [-0.3, -0.25) is 4.79 Å². The van der Waals surface area contributed by atoms with Gasteiger partial charge < -0.3 is 14.6 Å². The van der Waals surface area contributed by atoms with Gasteiger partial charge in [0.25, 0.3) is 5.91 Å². The van der Waals surface area contributed by atoms with Gasteiger partial charge in [0.05, 0.1) is 5.56 Å². The molecule has 0 N–H and O–H groups in total. The Morgan fingerprint density at radius 2 is 1.78 bits per heavy atom. The molecule has 3 heterocycles. The first-order chi connectivity index (χ1) is 14.9. The smallest absolute Gasteiger partial charge is 0.338 e. The van der Waals surface area contributed by atoms with E-state index in [0.29, 0.717) is 32.5 Å². The lowest BCUT2D eigenvalue weighted by molar-refractivity contribution is -0.143. The van der Waals surface area contributed by atoms with Crippen molar-refractivity contribution < 1.29 is 22.4 Å². The highest BCUT2D eigenvalue weighted by molar-refractivity contribution is 5.94. The molecule has 9 heteroatoms. The van der Waals surface area contributed by atoms with Crippen molar-refractivity contribution in [2.75, 3.05) is 32.7 Å². The van der Waals surface area contributed by atoms with Crippen LogP contribution in [0.25, 0.3) is 4.85 Å². The van der Waals surface area contributed by atoms with Crippen LogP contribution in [0.4, 0.5) is 17.6 Å². The first-order valence-electron chi connectivity index (χ1n) is 11.0. The largest absolute Gasteiger partial charge is 0.436 e. The summed E-state index contributed by atoms with van der Waals surface area (Å²) < 4.78 is 53.1. The van der Waals surface area contributed by atoms with Crippen molar-refractivity contribution >= 4 is 5.91 Å². The maximum Gasteiger partial charge on any atom is 0.436 e. The third-order valence-corrected chi connectivity index (χ3v) is 7.38. The molecule has 2 aliphatic rings. The normalized spacial score (nSPS) is 20.8. The Labute approximate surface area is 186 Å². The Bertz CT molecular complexity index is 871. The van der Waals surface area contributed by atoms with E-state index in [4.69, 9.17) is 6.57 Å². The molecule has 0 unspecified atom stereocenters. The highest BCUT2D eigenvalue weighted by Crippen LogP contribution is 2.47. The molecule has 0 atom stereocenters. The molecule has 1 aromatic heterocycles. The molecule has 2 fully saturated rings. The van der Waals surface area contributed by atoms with E-state index >= 15 is 0 Å². The number of halogens is 4. The molecule has 0 radical (unpaired) electrons. The number of carbonyl (C=O) groups is 1. The van der Waals surface area contributed by atoms with E-state index in [-0.39, 0.29) is 16.9 Å². The zero-order valence-electron chi connectivity index (χ0n) is 18.8. The monoisotopic (exact) mass is 454 g/mol. The van der Waals surface area contributed by atoms with Crippen LogP contribution < -0.4 is 0 Å². The van der Waals surface area contributed by atoms with Crippen LogP contribution in [0.3, 0.4) is 0 Å². The Kier molecular flexibility index (Phi) is 6.85. The standard InChI is InChI=1S/C23H30F4N4O/c1-21(2,3)22(15-28-4)8-13-30(14-9-22)16-6-11-31(12-7-16)20(32)17-5-10-29-19(18(17)24)23(25,26)27/h5,10,16H,6-9,11-15H2,1-3H3. The summed E-state index contributed by atoms with van der Waals surface area (Å²) in [4.78, 5) is 23.3. The Morgan fingerprint density at radius 3 is 2.28 bits per heavy atom. The van der Waals surface area contributed by atoms with Gasteiger partial charge >= 0.3 is 6.18 Å². The molecular formula is C23H30F4N4O. The van der Waals surface area contributed by atoms with Crippen molar-refractivity contribution in [2.45, 2.75) is 58.7 Å². The molecule has 32 heavy (non-hydrogen) atoms. The van der Waals surface area contributed by atoms with E-state index in [9.17, 15) is 22.4 Å². The lowest BCUT2D eigenvalue weighted by Crippen LogP contribution is -2.53. The summed E-state index contributed by atoms with van der Waals surface area (Å²) in [6.07, 6.45) is -0.853. The van der Waals surface area contributed by atoms with Gasteiger partial charge in [-0.2, -0.15) is 13.2 Å². The van der Waals surface area contributed by atoms with E-state index in [1.165, 1.54) is 4.90 Å². The highest BCUT2D eigenvalue weighted by atomic mass is 19.4. The van der Waals surface area contributed by atoms with Gasteiger partial charge in [-0.05, 0) is 50.3 Å². The summed E-state index contributed by atoms with van der Waals surface area (Å²) in [6, 6.07) is 1.28. The number of nitrogens with zero attached hydrogens (tertiary/aromatic N) is 4. The zero-order chi connectivity index (χ0) is 23.7. The van der Waals surface area contributed by atoms with E-state index in [2.05, 4.69) is 35.5 Å². The molecule has 1 aromatic rings. The third kappa shape index (κ3) is 4.75. The Hall–Kier alpha value is -2.21. The number of piperidine rings is 2. The molecule has 0 spiro atoms. The van der Waals surface area contributed by atoms with Crippen molar-refractivity contribution in [3.05, 3.63) is 40.8 Å². The first-order valence-corrected chi connectivity index (χ1v) is 11.0. The molecule has 2 aliphatic heterocycles. The van der Waals surface area contributed by atoms with Crippen molar-refractivity contribution in [3.63, 3.8) is 0 Å². The minimum atomic E-state index is -4.95. The molecule has 3 rings (SSSR count). The number of pyridine rings is 1. The summed E-state index contributed by atoms with van der Waals surface area (Å²) in [5.74, 6) is -2.34. The topological polar surface area (TPSA) is 40.8 Å². The Morgan fingerprint density at radius 1 is 1.19 bits per heavy atom. The number of hydrogen-bond donors (Lipinski definition) is 0. The lowest BCUT2D eigenvalue weighted by Gasteiger charge is -2.49. The molecule has 0 aliphatic carbocycles. The summed E-state index contributed by atoms with van der Waals surface area (Å²) in [5.41, 5.74) is -2.20. The van der Waals surface area contributed by atoms with E-state index in [0.717, 1.165) is 38.2 Å². The van der Waals surface area contributed by atoms with Gasteiger partial charge in [-0.25, -0.2) is 15.9 Å². The number of likely N-dealkylation sites (tertiary alicyclic amines) is 2. The predicted molar refractivity (Wildman–Crippen MR) is 112 cm³/mol. The molecule has 0 bridgehead atoms. The van der Waals surface area contributed by atoms with Gasteiger partial charge in [0, 0.05) is 30.7 Å². The fraction of sp³-hybridized carbons (Fsp3) is 0.696. The minimum absolute atomic E-state index is 0.00300. The second-order valence-corrected chi connectivity index (χ2v) is 9.92. The molecule has 176 valence electrons. The van der Waals surface area contributed by atoms with Gasteiger partial charge in [0.2, 0.25) is 6.54 Å². The number of hydrogen-bond acceptors (Lipinski definition) is 3. The molecule has 2 saturated heterocycles. The van der Waals surface area contributed by atoms with Gasteiger partial charge in [-0.15, -0.1) is 0 Å². The number of carbonyl (C=O) groups excluding carboxylic acids is 1. The van der Waals surface area contributed by atoms with Crippen molar-refractivity contribution in [1.82, 2.24) is 14.8 Å². The van der Waals surface area contributed by atoms with Crippen LogP contribution in [0.15, 0.2) is 12.3 Å². The molecule has 0 aromatic carbocycles. The summed E-state index contributed by atoms with van der Waals surface area (Å²) in [6.45, 7) is 17.0. The molecule has 0 saturated carbocycles. The number of amides is 1. The Balaban J connectivity index is 1.61. The van der Waals surface area contributed by atoms with E-state index < -0.39 is 29.2 Å². The van der Waals surface area contributed by atoms with Crippen molar-refractivity contribution in [1.29, 1.82) is 0 Å². The van der Waals surface area contributed by atoms with Crippen LogP contribution >= 0.6 is 0 Å². The SMILES string of the molecule is [C-]#[N+]CC1(C(C)(C)C)CCN(C2CCN(C(=O)c3ccnc(C(F)(F)F)c3F)CC2)CC1. The number of alkyl halides is 3. The lowest BCUT2D eigenvalue weighted by atomic mass is 9.61. The van der Waals surface area contributed by atoms with Gasteiger partial charge in [0.15, 0.2) is 11.5 Å². The summed E-state index contributed by atoms with van der Waals surface area (Å²) in [5, 5.41) is 0. The second kappa shape index (κ2) is 8.97. The van der Waals surface area contributed by atoms with Crippen LogP contribution in [0.2, 0.25) is 0 Å². The fourth-order valence-corrected chi connectivity index (χ4v) is 5.02. The molecule has 5 nitrogen and oxygen atoms in total.